The molecule has 3 aromatic rings. The molecule has 0 amide bonds. The van der Waals surface area contributed by atoms with Crippen molar-refractivity contribution in [2.24, 2.45) is 5.92 Å². The smallest absolute Gasteiger partial charge is 0.240 e. The van der Waals surface area contributed by atoms with Gasteiger partial charge in [-0.1, -0.05) is 43.3 Å². The highest BCUT2D eigenvalue weighted by Gasteiger charge is 2.28. The minimum atomic E-state index is -3.47. The van der Waals surface area contributed by atoms with E-state index in [0.29, 0.717) is 17.4 Å². The summed E-state index contributed by atoms with van der Waals surface area (Å²) >= 11 is 0. The van der Waals surface area contributed by atoms with E-state index in [1.165, 1.54) is 0 Å². The van der Waals surface area contributed by atoms with Crippen LogP contribution in [0.4, 0.5) is 5.69 Å². The normalized spacial score (nSPS) is 19.8. The second kappa shape index (κ2) is 9.98. The first kappa shape index (κ1) is 22.7. The zero-order chi connectivity index (χ0) is 22.6. The maximum atomic E-state index is 12.6. The van der Waals surface area contributed by atoms with Gasteiger partial charge in [0.2, 0.25) is 10.0 Å². The summed E-state index contributed by atoms with van der Waals surface area (Å²) in [5.41, 5.74) is 3.16. The van der Waals surface area contributed by atoms with Gasteiger partial charge >= 0.3 is 0 Å². The lowest BCUT2D eigenvalue weighted by atomic mass is 9.92. The number of aryl methyl sites for hydroxylation is 1. The molecule has 0 saturated carbocycles. The first-order chi connectivity index (χ1) is 15.5. The highest BCUT2D eigenvalue weighted by atomic mass is 32.2. The number of sulfonamides is 1. The molecule has 170 valence electrons. The molecule has 7 heteroatoms. The van der Waals surface area contributed by atoms with Crippen molar-refractivity contribution in [3.63, 3.8) is 0 Å². The van der Waals surface area contributed by atoms with E-state index < -0.39 is 10.0 Å². The number of anilines is 1. The third-order valence-electron chi connectivity index (χ3n) is 6.31. The van der Waals surface area contributed by atoms with E-state index in [1.54, 1.807) is 24.3 Å². The zero-order valence-corrected chi connectivity index (χ0v) is 19.6. The molecular weight excluding hydrogens is 420 g/mol. The number of para-hydroxylation sites is 1. The van der Waals surface area contributed by atoms with Gasteiger partial charge in [-0.15, -0.1) is 0 Å². The van der Waals surface area contributed by atoms with E-state index in [0.717, 1.165) is 54.8 Å². The Hall–Kier alpha value is -2.48. The summed E-state index contributed by atoms with van der Waals surface area (Å²) in [6.45, 7) is 7.38. The van der Waals surface area contributed by atoms with Gasteiger partial charge in [0.1, 0.15) is 0 Å². The first-order valence-electron chi connectivity index (χ1n) is 11.4. The van der Waals surface area contributed by atoms with Crippen LogP contribution in [0.2, 0.25) is 0 Å². The number of likely N-dealkylation sites (tertiary alicyclic amines) is 1. The molecule has 2 atom stereocenters. The summed E-state index contributed by atoms with van der Waals surface area (Å²) in [6, 6.07) is 19.1. The van der Waals surface area contributed by atoms with Crippen molar-refractivity contribution in [2.45, 2.75) is 37.6 Å². The summed E-state index contributed by atoms with van der Waals surface area (Å²) < 4.78 is 28.0. The average molecular weight is 453 g/mol. The maximum Gasteiger partial charge on any atom is 0.240 e. The fourth-order valence-corrected chi connectivity index (χ4v) is 5.66. The lowest BCUT2D eigenvalue weighted by Gasteiger charge is -2.39. The molecule has 0 radical (unpaired) electrons. The molecule has 6 nitrogen and oxygen atoms in total. The standard InChI is InChI=1S/C25H32N4O2S/c1-3-29-18-20(16-26-25-15-19(2)28-24-12-8-7-11-23(24)25)13-14-21(29)17-27-32(30,31)22-9-5-4-6-10-22/h4-12,15,20-21,27H,3,13-14,16-18H2,1-2H3,(H,26,28)/t20-,21-/m1/s1. The number of nitrogens with one attached hydrogen (secondary N) is 2. The Morgan fingerprint density at radius 2 is 1.78 bits per heavy atom. The molecule has 1 saturated heterocycles. The van der Waals surface area contributed by atoms with Gasteiger partial charge < -0.3 is 5.32 Å². The lowest BCUT2D eigenvalue weighted by Crippen LogP contribution is -2.49. The molecule has 0 unspecified atom stereocenters. The van der Waals surface area contributed by atoms with E-state index in [-0.39, 0.29) is 6.04 Å². The number of pyridine rings is 1. The topological polar surface area (TPSA) is 74.3 Å². The summed E-state index contributed by atoms with van der Waals surface area (Å²) in [6.07, 6.45) is 2.05. The van der Waals surface area contributed by atoms with Gasteiger partial charge in [-0.05, 0) is 56.5 Å². The number of rotatable bonds is 8. The van der Waals surface area contributed by atoms with Gasteiger partial charge in [-0.2, -0.15) is 0 Å². The number of likely N-dealkylation sites (N-methyl/N-ethyl adjacent to an activating group) is 1. The monoisotopic (exact) mass is 452 g/mol. The SMILES string of the molecule is CCN1C[C@@H](CNc2cc(C)nc3ccccc23)CC[C@@H]1CNS(=O)(=O)c1ccccc1. The summed E-state index contributed by atoms with van der Waals surface area (Å²) in [5, 5.41) is 4.80. The second-order valence-corrected chi connectivity index (χ2v) is 10.3. The number of hydrogen-bond donors (Lipinski definition) is 2. The van der Waals surface area contributed by atoms with Crippen LogP contribution >= 0.6 is 0 Å². The predicted molar refractivity (Wildman–Crippen MR) is 130 cm³/mol. The van der Waals surface area contributed by atoms with Crippen LogP contribution < -0.4 is 10.0 Å². The number of fused-ring (bicyclic) bond motifs is 1. The van der Waals surface area contributed by atoms with Crippen molar-refractivity contribution in [3.05, 3.63) is 66.4 Å². The van der Waals surface area contributed by atoms with E-state index >= 15 is 0 Å². The quantitative estimate of drug-likeness (QED) is 0.540. The Morgan fingerprint density at radius 1 is 1.03 bits per heavy atom. The van der Waals surface area contributed by atoms with Crippen molar-refractivity contribution < 1.29 is 8.42 Å². The summed E-state index contributed by atoms with van der Waals surface area (Å²) in [4.78, 5) is 7.35. The molecule has 2 aromatic carbocycles. The third-order valence-corrected chi connectivity index (χ3v) is 7.75. The van der Waals surface area contributed by atoms with Crippen LogP contribution in [0.5, 0.6) is 0 Å². The number of piperidine rings is 1. The van der Waals surface area contributed by atoms with Gasteiger partial charge in [0.05, 0.1) is 10.4 Å². The summed E-state index contributed by atoms with van der Waals surface area (Å²) in [5.74, 6) is 0.518. The van der Waals surface area contributed by atoms with Crippen molar-refractivity contribution in [1.29, 1.82) is 0 Å². The highest BCUT2D eigenvalue weighted by Crippen LogP contribution is 2.26. The Morgan fingerprint density at radius 3 is 2.56 bits per heavy atom. The van der Waals surface area contributed by atoms with Crippen LogP contribution in [-0.4, -0.2) is 50.5 Å². The Labute approximate surface area is 191 Å². The Bertz CT molecular complexity index is 1150. The van der Waals surface area contributed by atoms with Gasteiger partial charge in [0.15, 0.2) is 0 Å². The molecule has 1 fully saturated rings. The third kappa shape index (κ3) is 5.28. The minimum Gasteiger partial charge on any atom is -0.384 e. The van der Waals surface area contributed by atoms with Crippen LogP contribution in [0.1, 0.15) is 25.5 Å². The Balaban J connectivity index is 1.35. The molecule has 2 N–H and O–H groups in total. The van der Waals surface area contributed by atoms with E-state index in [4.69, 9.17) is 0 Å². The maximum absolute atomic E-state index is 12.6. The minimum absolute atomic E-state index is 0.221. The van der Waals surface area contributed by atoms with Crippen molar-refractivity contribution in [2.75, 3.05) is 31.5 Å². The summed E-state index contributed by atoms with van der Waals surface area (Å²) in [7, 11) is -3.47. The lowest BCUT2D eigenvalue weighted by molar-refractivity contribution is 0.120. The molecule has 0 spiro atoms. The molecular formula is C25H32N4O2S. The molecule has 2 heterocycles. The van der Waals surface area contributed by atoms with Gasteiger partial charge in [-0.25, -0.2) is 13.1 Å². The van der Waals surface area contributed by atoms with Crippen molar-refractivity contribution in [3.8, 4) is 0 Å². The number of nitrogens with zero attached hydrogens (tertiary/aromatic N) is 2. The van der Waals surface area contributed by atoms with Crippen LogP contribution in [0.25, 0.3) is 10.9 Å². The molecule has 32 heavy (non-hydrogen) atoms. The van der Waals surface area contributed by atoms with E-state index in [9.17, 15) is 8.42 Å². The van der Waals surface area contributed by atoms with E-state index in [1.807, 2.05) is 31.2 Å². The van der Waals surface area contributed by atoms with Crippen molar-refractivity contribution in [1.82, 2.24) is 14.6 Å². The van der Waals surface area contributed by atoms with Gasteiger partial charge in [0.25, 0.3) is 0 Å². The molecule has 4 rings (SSSR count). The average Bonchev–Trinajstić information content (AvgIpc) is 2.82. The van der Waals surface area contributed by atoms with Crippen LogP contribution in [0.15, 0.2) is 65.6 Å². The highest BCUT2D eigenvalue weighted by molar-refractivity contribution is 7.89. The molecule has 1 aromatic heterocycles. The zero-order valence-electron chi connectivity index (χ0n) is 18.8. The largest absolute Gasteiger partial charge is 0.384 e. The van der Waals surface area contributed by atoms with Crippen LogP contribution in [-0.2, 0) is 10.0 Å². The predicted octanol–water partition coefficient (Wildman–Crippen LogP) is 4.03. The van der Waals surface area contributed by atoms with E-state index in [2.05, 4.69) is 39.0 Å². The van der Waals surface area contributed by atoms with Gasteiger partial charge in [0, 0.05) is 42.4 Å². The van der Waals surface area contributed by atoms with Crippen molar-refractivity contribution >= 4 is 26.6 Å². The fraction of sp³-hybridized carbons (Fsp3) is 0.400. The molecule has 0 bridgehead atoms. The van der Waals surface area contributed by atoms with Crippen LogP contribution in [0, 0.1) is 12.8 Å². The van der Waals surface area contributed by atoms with Crippen LogP contribution in [0.3, 0.4) is 0 Å². The number of benzene rings is 2. The fourth-order valence-electron chi connectivity index (χ4n) is 4.56. The number of aromatic nitrogens is 1. The van der Waals surface area contributed by atoms with Gasteiger partial charge in [-0.3, -0.25) is 9.88 Å². The number of hydrogen-bond acceptors (Lipinski definition) is 5. The second-order valence-electron chi connectivity index (χ2n) is 8.56. The molecule has 0 aliphatic carbocycles. The Kier molecular flexibility index (Phi) is 7.08. The first-order valence-corrected chi connectivity index (χ1v) is 12.8. The molecule has 1 aliphatic heterocycles. The molecule has 1 aliphatic rings.